The number of anilines is 1. The molecule has 0 aliphatic heterocycles. The van der Waals surface area contributed by atoms with E-state index in [0.29, 0.717) is 24.8 Å². The van der Waals surface area contributed by atoms with Gasteiger partial charge in [0.25, 0.3) is 5.89 Å². The Kier molecular flexibility index (Phi) is 6.80. The van der Waals surface area contributed by atoms with Crippen LogP contribution in [0, 0.1) is 0 Å². The molecule has 0 spiro atoms. The molecule has 33 heavy (non-hydrogen) atoms. The number of hydrogen-bond donors (Lipinski definition) is 3. The van der Waals surface area contributed by atoms with Gasteiger partial charge in [0, 0.05) is 35.5 Å². The summed E-state index contributed by atoms with van der Waals surface area (Å²) in [5, 5.41) is 16.0. The summed E-state index contributed by atoms with van der Waals surface area (Å²) < 4.78 is 5.55. The Morgan fingerprint density at radius 3 is 2.52 bits per heavy atom. The van der Waals surface area contributed by atoms with Crippen molar-refractivity contribution in [3.63, 3.8) is 0 Å². The Hall–Kier alpha value is -3.97. The zero-order valence-electron chi connectivity index (χ0n) is 18.4. The van der Waals surface area contributed by atoms with E-state index in [9.17, 15) is 4.79 Å². The SMILES string of the molecule is CCc1cc(-c2nc(-c3ccc(CNCCC(=O)O)cc3)no2)ccc1-c1ccccc1N. The van der Waals surface area contributed by atoms with Gasteiger partial charge >= 0.3 is 5.97 Å². The molecular formula is C26H26N4O3. The quantitative estimate of drug-likeness (QED) is 0.252. The molecule has 168 valence electrons. The molecule has 1 aromatic heterocycles. The summed E-state index contributed by atoms with van der Waals surface area (Å²) in [6, 6.07) is 21.8. The number of rotatable bonds is 9. The van der Waals surface area contributed by atoms with Crippen molar-refractivity contribution in [2.75, 3.05) is 12.3 Å². The number of nitrogen functional groups attached to an aromatic ring is 1. The molecule has 0 bridgehead atoms. The maximum Gasteiger partial charge on any atom is 0.304 e. The average Bonchev–Trinajstić information content (AvgIpc) is 3.32. The van der Waals surface area contributed by atoms with Gasteiger partial charge in [-0.2, -0.15) is 4.98 Å². The van der Waals surface area contributed by atoms with Gasteiger partial charge in [-0.15, -0.1) is 0 Å². The predicted molar refractivity (Wildman–Crippen MR) is 128 cm³/mol. The first kappa shape index (κ1) is 22.2. The number of aromatic nitrogens is 2. The van der Waals surface area contributed by atoms with Crippen LogP contribution in [-0.2, 0) is 17.8 Å². The molecule has 4 aromatic rings. The lowest BCUT2D eigenvalue weighted by molar-refractivity contribution is -0.136. The number of nitrogens with two attached hydrogens (primary N) is 1. The van der Waals surface area contributed by atoms with Gasteiger partial charge in [0.1, 0.15) is 0 Å². The minimum Gasteiger partial charge on any atom is -0.481 e. The first-order chi connectivity index (χ1) is 16.0. The van der Waals surface area contributed by atoms with E-state index in [-0.39, 0.29) is 6.42 Å². The molecule has 0 saturated carbocycles. The third-order valence-corrected chi connectivity index (χ3v) is 5.47. The van der Waals surface area contributed by atoms with Gasteiger partial charge in [0.15, 0.2) is 0 Å². The fraction of sp³-hybridized carbons (Fsp3) is 0.192. The van der Waals surface area contributed by atoms with Crippen molar-refractivity contribution in [2.24, 2.45) is 0 Å². The van der Waals surface area contributed by atoms with E-state index in [1.54, 1.807) is 0 Å². The monoisotopic (exact) mass is 442 g/mol. The van der Waals surface area contributed by atoms with Crippen LogP contribution in [0.1, 0.15) is 24.5 Å². The van der Waals surface area contributed by atoms with Crippen molar-refractivity contribution in [1.29, 1.82) is 0 Å². The highest BCUT2D eigenvalue weighted by Gasteiger charge is 2.14. The van der Waals surface area contributed by atoms with E-state index in [1.807, 2.05) is 54.6 Å². The van der Waals surface area contributed by atoms with Crippen LogP contribution in [0.25, 0.3) is 34.0 Å². The number of nitrogens with zero attached hydrogens (tertiary/aromatic N) is 2. The van der Waals surface area contributed by atoms with Crippen LogP contribution in [0.5, 0.6) is 0 Å². The van der Waals surface area contributed by atoms with Crippen LogP contribution in [-0.4, -0.2) is 27.8 Å². The van der Waals surface area contributed by atoms with Crippen molar-refractivity contribution < 1.29 is 14.4 Å². The van der Waals surface area contributed by atoms with Gasteiger partial charge in [0.05, 0.1) is 6.42 Å². The molecule has 0 amide bonds. The van der Waals surface area contributed by atoms with Crippen LogP contribution in [0.2, 0.25) is 0 Å². The first-order valence-corrected chi connectivity index (χ1v) is 10.9. The standard InChI is InChI=1S/C26H26N4O3/c1-2-18-15-20(11-12-21(18)22-5-3-4-6-23(22)27)26-29-25(30-33-26)19-9-7-17(8-10-19)16-28-14-13-24(31)32/h3-12,15,28H,2,13-14,16,27H2,1H3,(H,31,32). The molecule has 0 aliphatic rings. The highest BCUT2D eigenvalue weighted by atomic mass is 16.5. The minimum absolute atomic E-state index is 0.100. The molecule has 0 radical (unpaired) electrons. The molecule has 0 fully saturated rings. The van der Waals surface area contributed by atoms with E-state index in [0.717, 1.165) is 45.5 Å². The summed E-state index contributed by atoms with van der Waals surface area (Å²) >= 11 is 0. The van der Waals surface area contributed by atoms with Crippen molar-refractivity contribution >= 4 is 11.7 Å². The lowest BCUT2D eigenvalue weighted by Gasteiger charge is -2.11. The highest BCUT2D eigenvalue weighted by Crippen LogP contribution is 2.32. The number of carboxylic acid groups (broad SMARTS) is 1. The number of hydrogen-bond acceptors (Lipinski definition) is 6. The van der Waals surface area contributed by atoms with Crippen LogP contribution in [0.15, 0.2) is 71.3 Å². The van der Waals surface area contributed by atoms with Crippen LogP contribution < -0.4 is 11.1 Å². The molecule has 4 N–H and O–H groups in total. The number of carbonyl (C=O) groups is 1. The van der Waals surface area contributed by atoms with E-state index in [2.05, 4.69) is 34.5 Å². The molecule has 0 saturated heterocycles. The molecule has 7 heteroatoms. The van der Waals surface area contributed by atoms with E-state index in [4.69, 9.17) is 15.4 Å². The zero-order valence-corrected chi connectivity index (χ0v) is 18.4. The van der Waals surface area contributed by atoms with Gasteiger partial charge in [-0.05, 0) is 41.3 Å². The summed E-state index contributed by atoms with van der Waals surface area (Å²) in [6.45, 7) is 3.14. The summed E-state index contributed by atoms with van der Waals surface area (Å²) in [5.41, 5.74) is 13.0. The zero-order chi connectivity index (χ0) is 23.2. The van der Waals surface area contributed by atoms with Gasteiger partial charge in [-0.25, -0.2) is 0 Å². The Bertz CT molecular complexity index is 1250. The van der Waals surface area contributed by atoms with Gasteiger partial charge < -0.3 is 20.7 Å². The van der Waals surface area contributed by atoms with E-state index < -0.39 is 5.97 Å². The van der Waals surface area contributed by atoms with Crippen LogP contribution >= 0.6 is 0 Å². The first-order valence-electron chi connectivity index (χ1n) is 10.9. The molecule has 0 unspecified atom stereocenters. The van der Waals surface area contributed by atoms with E-state index in [1.165, 1.54) is 0 Å². The predicted octanol–water partition coefficient (Wildman–Crippen LogP) is 4.78. The number of benzene rings is 3. The minimum atomic E-state index is -0.810. The maximum atomic E-state index is 10.6. The third kappa shape index (κ3) is 5.27. The lowest BCUT2D eigenvalue weighted by Crippen LogP contribution is -2.17. The maximum absolute atomic E-state index is 10.6. The average molecular weight is 443 g/mol. The van der Waals surface area contributed by atoms with Gasteiger partial charge in [-0.3, -0.25) is 4.79 Å². The fourth-order valence-corrected chi connectivity index (χ4v) is 3.68. The van der Waals surface area contributed by atoms with Crippen molar-refractivity contribution in [3.05, 3.63) is 77.9 Å². The molecule has 0 atom stereocenters. The van der Waals surface area contributed by atoms with Crippen LogP contribution in [0.3, 0.4) is 0 Å². The summed E-state index contributed by atoms with van der Waals surface area (Å²) in [4.78, 5) is 15.2. The Labute approximate surface area is 192 Å². The number of aryl methyl sites for hydroxylation is 1. The largest absolute Gasteiger partial charge is 0.481 e. The molecule has 7 nitrogen and oxygen atoms in total. The highest BCUT2D eigenvalue weighted by molar-refractivity contribution is 5.80. The number of nitrogens with one attached hydrogen (secondary N) is 1. The van der Waals surface area contributed by atoms with Gasteiger partial charge in [0.2, 0.25) is 5.82 Å². The number of carboxylic acids is 1. The lowest BCUT2D eigenvalue weighted by atomic mass is 9.95. The third-order valence-electron chi connectivity index (χ3n) is 5.47. The molecule has 1 heterocycles. The Morgan fingerprint density at radius 2 is 1.79 bits per heavy atom. The van der Waals surface area contributed by atoms with E-state index >= 15 is 0 Å². The summed E-state index contributed by atoms with van der Waals surface area (Å²) in [7, 11) is 0. The summed E-state index contributed by atoms with van der Waals surface area (Å²) in [5.74, 6) is 0.173. The van der Waals surface area contributed by atoms with Gasteiger partial charge in [-0.1, -0.05) is 60.6 Å². The molecule has 0 aliphatic carbocycles. The fourth-order valence-electron chi connectivity index (χ4n) is 3.68. The van der Waals surface area contributed by atoms with Crippen molar-refractivity contribution in [2.45, 2.75) is 26.3 Å². The smallest absolute Gasteiger partial charge is 0.304 e. The van der Waals surface area contributed by atoms with Crippen molar-refractivity contribution in [3.8, 4) is 34.0 Å². The summed E-state index contributed by atoms with van der Waals surface area (Å²) in [6.07, 6.45) is 0.948. The molecule has 4 rings (SSSR count). The molecule has 3 aromatic carbocycles. The Morgan fingerprint density at radius 1 is 1.03 bits per heavy atom. The topological polar surface area (TPSA) is 114 Å². The second kappa shape index (κ2) is 10.1. The number of para-hydroxylation sites is 1. The van der Waals surface area contributed by atoms with Crippen LogP contribution in [0.4, 0.5) is 5.69 Å². The Balaban J connectivity index is 1.50. The molecular weight excluding hydrogens is 416 g/mol. The van der Waals surface area contributed by atoms with Crippen molar-refractivity contribution in [1.82, 2.24) is 15.5 Å². The normalized spacial score (nSPS) is 10.9. The second-order valence-corrected chi connectivity index (χ2v) is 7.75. The second-order valence-electron chi connectivity index (χ2n) is 7.75. The number of aliphatic carboxylic acids is 1.